The molecule has 0 unspecified atom stereocenters. The van der Waals surface area contributed by atoms with Crippen molar-refractivity contribution < 1.29 is 0 Å². The highest BCUT2D eigenvalue weighted by Crippen LogP contribution is 2.25. The van der Waals surface area contributed by atoms with E-state index in [1.54, 1.807) is 0 Å². The van der Waals surface area contributed by atoms with Crippen molar-refractivity contribution >= 4 is 45.4 Å². The molecular weight excluding hydrogens is 425 g/mol. The summed E-state index contributed by atoms with van der Waals surface area (Å²) >= 11 is 2.36. The molecule has 0 aliphatic rings. The molecule has 0 radical (unpaired) electrons. The van der Waals surface area contributed by atoms with Crippen molar-refractivity contribution in [2.45, 2.75) is 39.7 Å². The van der Waals surface area contributed by atoms with E-state index >= 15 is 0 Å². The molecule has 0 saturated heterocycles. The molecule has 5 nitrogen and oxygen atoms in total. The topological polar surface area (TPSA) is 68.8 Å². The van der Waals surface area contributed by atoms with Gasteiger partial charge in [0.1, 0.15) is 5.52 Å². The van der Waals surface area contributed by atoms with Crippen LogP contribution in [0.4, 0.5) is 11.8 Å². The van der Waals surface area contributed by atoms with E-state index in [0.717, 1.165) is 36.4 Å². The number of aromatic nitrogens is 3. The summed E-state index contributed by atoms with van der Waals surface area (Å²) in [7, 11) is 0. The number of halogens is 1. The summed E-state index contributed by atoms with van der Waals surface area (Å²) in [6.45, 7) is 6.04. The Bertz CT molecular complexity index is 872. The fraction of sp³-hybridized carbons (Fsp3) is 0.368. The fourth-order valence-electron chi connectivity index (χ4n) is 2.96. The number of hydrogen-bond acceptors (Lipinski definition) is 4. The van der Waals surface area contributed by atoms with E-state index in [1.807, 2.05) is 6.07 Å². The molecule has 0 amide bonds. The van der Waals surface area contributed by atoms with E-state index < -0.39 is 0 Å². The number of rotatable bonds is 7. The molecule has 0 aliphatic carbocycles. The molecule has 0 aliphatic heterocycles. The van der Waals surface area contributed by atoms with Gasteiger partial charge in [-0.15, -0.1) is 0 Å². The van der Waals surface area contributed by atoms with Gasteiger partial charge < -0.3 is 15.6 Å². The summed E-state index contributed by atoms with van der Waals surface area (Å²) in [5.41, 5.74) is 10.4. The molecule has 0 atom stereocenters. The van der Waals surface area contributed by atoms with Crippen molar-refractivity contribution in [3.05, 3.63) is 45.2 Å². The van der Waals surface area contributed by atoms with Gasteiger partial charge in [0.05, 0.1) is 5.52 Å². The van der Waals surface area contributed by atoms with Crippen molar-refractivity contribution in [3.8, 4) is 0 Å². The number of hydrogen-bond donors (Lipinski definition) is 2. The summed E-state index contributed by atoms with van der Waals surface area (Å²) in [5.74, 6) is 1.14. The first-order valence-corrected chi connectivity index (χ1v) is 9.77. The molecule has 6 heteroatoms. The Morgan fingerprint density at radius 2 is 2.04 bits per heavy atom. The second-order valence-electron chi connectivity index (χ2n) is 6.31. The Hall–Kier alpha value is -1.83. The summed E-state index contributed by atoms with van der Waals surface area (Å²) < 4.78 is 3.45. The van der Waals surface area contributed by atoms with Gasteiger partial charge in [-0.2, -0.15) is 4.98 Å². The van der Waals surface area contributed by atoms with E-state index in [2.05, 4.69) is 80.7 Å². The summed E-state index contributed by atoms with van der Waals surface area (Å²) in [5, 5.41) is 3.45. The molecule has 3 rings (SSSR count). The highest BCUT2D eigenvalue weighted by atomic mass is 127. The lowest BCUT2D eigenvalue weighted by Gasteiger charge is -2.13. The van der Waals surface area contributed by atoms with E-state index in [9.17, 15) is 0 Å². The van der Waals surface area contributed by atoms with Gasteiger partial charge in [-0.25, -0.2) is 4.98 Å². The molecule has 2 aromatic heterocycles. The molecule has 2 heterocycles. The zero-order chi connectivity index (χ0) is 17.8. The predicted octanol–water partition coefficient (Wildman–Crippen LogP) is 4.58. The number of unbranched alkanes of at least 4 members (excludes halogenated alkanes) is 2. The molecule has 0 spiro atoms. The second kappa shape index (κ2) is 8.03. The minimum absolute atomic E-state index is 0.314. The SMILES string of the molecule is CCCCCNc1nc(N)nc2ccn(Cc3cc(I)ccc3C)c12. The predicted molar refractivity (Wildman–Crippen MR) is 113 cm³/mol. The lowest BCUT2D eigenvalue weighted by atomic mass is 10.1. The number of aryl methyl sites for hydroxylation is 1. The first-order chi connectivity index (χ1) is 12.1. The third-order valence-electron chi connectivity index (χ3n) is 4.35. The van der Waals surface area contributed by atoms with Crippen LogP contribution in [0.1, 0.15) is 37.3 Å². The smallest absolute Gasteiger partial charge is 0.222 e. The van der Waals surface area contributed by atoms with E-state index in [1.165, 1.54) is 27.5 Å². The Labute approximate surface area is 162 Å². The molecule has 3 aromatic rings. The summed E-state index contributed by atoms with van der Waals surface area (Å²) in [6, 6.07) is 8.54. The number of nitrogen functional groups attached to an aromatic ring is 1. The monoisotopic (exact) mass is 449 g/mol. The first-order valence-electron chi connectivity index (χ1n) is 8.69. The highest BCUT2D eigenvalue weighted by Gasteiger charge is 2.12. The van der Waals surface area contributed by atoms with E-state index in [-0.39, 0.29) is 0 Å². The van der Waals surface area contributed by atoms with Crippen LogP contribution in [0, 0.1) is 10.5 Å². The second-order valence-corrected chi connectivity index (χ2v) is 7.56. The van der Waals surface area contributed by atoms with Crippen LogP contribution in [0.15, 0.2) is 30.5 Å². The molecule has 25 heavy (non-hydrogen) atoms. The Morgan fingerprint density at radius 3 is 2.84 bits per heavy atom. The van der Waals surface area contributed by atoms with Gasteiger partial charge in [0.15, 0.2) is 5.82 Å². The maximum atomic E-state index is 5.89. The van der Waals surface area contributed by atoms with Crippen molar-refractivity contribution in [1.29, 1.82) is 0 Å². The third-order valence-corrected chi connectivity index (χ3v) is 5.02. The van der Waals surface area contributed by atoms with Crippen LogP contribution in [0.3, 0.4) is 0 Å². The van der Waals surface area contributed by atoms with E-state index in [4.69, 9.17) is 5.73 Å². The summed E-state index contributed by atoms with van der Waals surface area (Å²) in [6.07, 6.45) is 5.60. The molecule has 0 bridgehead atoms. The zero-order valence-electron chi connectivity index (χ0n) is 14.7. The van der Waals surface area contributed by atoms with E-state index in [0.29, 0.717) is 5.95 Å². The maximum Gasteiger partial charge on any atom is 0.222 e. The van der Waals surface area contributed by atoms with Crippen molar-refractivity contribution in [2.75, 3.05) is 17.6 Å². The molecule has 1 aromatic carbocycles. The molecule has 0 saturated carbocycles. The Kier molecular flexibility index (Phi) is 5.78. The fourth-order valence-corrected chi connectivity index (χ4v) is 3.51. The first kappa shape index (κ1) is 18.0. The molecule has 3 N–H and O–H groups in total. The average molecular weight is 449 g/mol. The quantitative estimate of drug-likeness (QED) is 0.410. The summed E-state index contributed by atoms with van der Waals surface area (Å²) in [4.78, 5) is 8.83. The number of nitrogens with zero attached hydrogens (tertiary/aromatic N) is 3. The minimum atomic E-state index is 0.314. The van der Waals surface area contributed by atoms with Gasteiger partial charge >= 0.3 is 0 Å². The van der Waals surface area contributed by atoms with Crippen molar-refractivity contribution in [1.82, 2.24) is 14.5 Å². The Balaban J connectivity index is 1.94. The van der Waals surface area contributed by atoms with Crippen LogP contribution < -0.4 is 11.1 Å². The number of benzene rings is 1. The lowest BCUT2D eigenvalue weighted by molar-refractivity contribution is 0.742. The van der Waals surface area contributed by atoms with Crippen LogP contribution in [0.5, 0.6) is 0 Å². The van der Waals surface area contributed by atoms with Gasteiger partial charge in [0.2, 0.25) is 5.95 Å². The zero-order valence-corrected chi connectivity index (χ0v) is 16.9. The van der Waals surface area contributed by atoms with Crippen LogP contribution in [0.2, 0.25) is 0 Å². The van der Waals surface area contributed by atoms with Gasteiger partial charge in [-0.3, -0.25) is 0 Å². The number of nitrogens with one attached hydrogen (secondary N) is 1. The van der Waals surface area contributed by atoms with Crippen molar-refractivity contribution in [3.63, 3.8) is 0 Å². The minimum Gasteiger partial charge on any atom is -0.368 e. The van der Waals surface area contributed by atoms with Crippen LogP contribution in [-0.2, 0) is 6.54 Å². The van der Waals surface area contributed by atoms with Crippen molar-refractivity contribution in [2.24, 2.45) is 0 Å². The van der Waals surface area contributed by atoms with Crippen LogP contribution in [0.25, 0.3) is 11.0 Å². The largest absolute Gasteiger partial charge is 0.368 e. The van der Waals surface area contributed by atoms with Gasteiger partial charge in [-0.05, 0) is 65.3 Å². The average Bonchev–Trinajstić information content (AvgIpc) is 2.97. The molecular formula is C19H24IN5. The van der Waals surface area contributed by atoms with Crippen LogP contribution in [-0.4, -0.2) is 21.1 Å². The van der Waals surface area contributed by atoms with Gasteiger partial charge in [-0.1, -0.05) is 25.8 Å². The van der Waals surface area contributed by atoms with Gasteiger partial charge in [0.25, 0.3) is 0 Å². The maximum absolute atomic E-state index is 5.89. The van der Waals surface area contributed by atoms with Gasteiger partial charge in [0, 0.05) is 22.9 Å². The normalized spacial score (nSPS) is 11.2. The number of fused-ring (bicyclic) bond motifs is 1. The van der Waals surface area contributed by atoms with Crippen LogP contribution >= 0.6 is 22.6 Å². The standard InChI is InChI=1S/C19H24IN5/c1-3-4-5-9-22-18-17-16(23-19(21)24-18)8-10-25(17)12-14-11-15(20)7-6-13(14)2/h6-8,10-11H,3-5,9,12H2,1-2H3,(H3,21,22,23,24). The lowest BCUT2D eigenvalue weighted by Crippen LogP contribution is -2.09. The molecule has 132 valence electrons. The Morgan fingerprint density at radius 1 is 1.20 bits per heavy atom. The number of anilines is 2. The molecule has 0 fully saturated rings. The number of nitrogens with two attached hydrogens (primary N) is 1. The highest BCUT2D eigenvalue weighted by molar-refractivity contribution is 14.1. The third kappa shape index (κ3) is 4.23.